The van der Waals surface area contributed by atoms with Crippen LogP contribution in [0.4, 0.5) is 0 Å². The second kappa shape index (κ2) is 4.84. The van der Waals surface area contributed by atoms with Crippen molar-refractivity contribution in [2.24, 2.45) is 0 Å². The maximum atomic E-state index is 10.6. The average Bonchev–Trinajstić information content (AvgIpc) is 2.39. The average molecular weight is 227 g/mol. The van der Waals surface area contributed by atoms with Crippen molar-refractivity contribution in [1.29, 1.82) is 0 Å². The molecule has 2 nitrogen and oxygen atoms in total. The van der Waals surface area contributed by atoms with Gasteiger partial charge in [-0.15, -0.1) is 11.3 Å². The predicted molar refractivity (Wildman–Crippen MR) is 53.4 cm³/mol. The zero-order valence-corrected chi connectivity index (χ0v) is 9.55. The monoisotopic (exact) mass is 226 g/mol. The smallest absolute Gasteiger partial charge is 0.207 e. The molecule has 5 heteroatoms. The molecule has 1 aromatic rings. The molecule has 1 rings (SSSR count). The normalized spacial score (nSPS) is 10.3. The van der Waals surface area contributed by atoms with E-state index in [0.717, 1.165) is 4.88 Å². The van der Waals surface area contributed by atoms with Crippen LogP contribution in [0.25, 0.3) is 0 Å². The molecule has 0 spiro atoms. The van der Waals surface area contributed by atoms with E-state index in [0.29, 0.717) is 0 Å². The van der Waals surface area contributed by atoms with E-state index in [1.54, 1.807) is 6.07 Å². The number of hydrogen-bond donors (Lipinski definition) is 0. The molecule has 0 amide bonds. The highest BCUT2D eigenvalue weighted by Gasteiger charge is 2.10. The summed E-state index contributed by atoms with van der Waals surface area (Å²) in [4.78, 5) is 1.14. The minimum Gasteiger partial charge on any atom is -0.207 e. The lowest BCUT2D eigenvalue weighted by molar-refractivity contribution is 0.610. The predicted octanol–water partition coefficient (Wildman–Crippen LogP) is 3.01. The van der Waals surface area contributed by atoms with Gasteiger partial charge in [0.2, 0.25) is 0 Å². The Kier molecular flexibility index (Phi) is 4.82. The van der Waals surface area contributed by atoms with Gasteiger partial charge in [0.1, 0.15) is 0 Å². The highest BCUT2D eigenvalue weighted by molar-refractivity contribution is 8.13. The van der Waals surface area contributed by atoms with Gasteiger partial charge in [-0.25, -0.2) is 8.42 Å². The molecular formula is C7H11ClO2S2. The van der Waals surface area contributed by atoms with Crippen LogP contribution in [0.1, 0.15) is 18.7 Å². The Morgan fingerprint density at radius 3 is 2.08 bits per heavy atom. The molecule has 0 aromatic carbocycles. The van der Waals surface area contributed by atoms with Crippen molar-refractivity contribution in [3.05, 3.63) is 16.3 Å². The van der Waals surface area contributed by atoms with E-state index in [4.69, 9.17) is 10.7 Å². The molecule has 12 heavy (non-hydrogen) atoms. The Balaban J connectivity index is 0.000000561. The molecule has 0 aliphatic heterocycles. The largest absolute Gasteiger partial charge is 0.262 e. The molecule has 70 valence electrons. The van der Waals surface area contributed by atoms with Crippen molar-refractivity contribution in [1.82, 2.24) is 0 Å². The number of aryl methyl sites for hydroxylation is 1. The Hall–Kier alpha value is -0.0600. The minimum atomic E-state index is -3.50. The fourth-order valence-corrected chi connectivity index (χ4v) is 2.57. The topological polar surface area (TPSA) is 34.1 Å². The van der Waals surface area contributed by atoms with Gasteiger partial charge in [0.15, 0.2) is 0 Å². The molecule has 0 radical (unpaired) electrons. The van der Waals surface area contributed by atoms with E-state index >= 15 is 0 Å². The zero-order chi connectivity index (χ0) is 9.78. The number of hydrogen-bond acceptors (Lipinski definition) is 3. The second-order valence-electron chi connectivity index (χ2n) is 1.83. The van der Waals surface area contributed by atoms with Gasteiger partial charge >= 0.3 is 0 Å². The lowest BCUT2D eigenvalue weighted by Crippen LogP contribution is -1.85. The quantitative estimate of drug-likeness (QED) is 0.690. The van der Waals surface area contributed by atoms with Crippen molar-refractivity contribution >= 4 is 31.1 Å². The van der Waals surface area contributed by atoms with Gasteiger partial charge in [-0.05, 0) is 13.0 Å². The highest BCUT2D eigenvalue weighted by atomic mass is 35.7. The third-order valence-corrected chi connectivity index (χ3v) is 3.33. The maximum Gasteiger partial charge on any atom is 0.262 e. The number of rotatable bonds is 1. The molecule has 0 fully saturated rings. The summed E-state index contributed by atoms with van der Waals surface area (Å²) >= 11 is 1.37. The number of thiophene rings is 1. The molecule has 0 saturated carbocycles. The first-order valence-corrected chi connectivity index (χ1v) is 6.69. The summed E-state index contributed by atoms with van der Waals surface area (Å²) in [5.74, 6) is 0. The number of halogens is 1. The zero-order valence-electron chi connectivity index (χ0n) is 7.17. The van der Waals surface area contributed by atoms with E-state index in [1.807, 2.05) is 20.8 Å². The molecular weight excluding hydrogens is 216 g/mol. The van der Waals surface area contributed by atoms with Crippen molar-refractivity contribution in [3.8, 4) is 0 Å². The maximum absolute atomic E-state index is 10.6. The van der Waals surface area contributed by atoms with Gasteiger partial charge in [-0.1, -0.05) is 13.8 Å². The first-order chi connectivity index (χ1) is 5.50. The second-order valence-corrected chi connectivity index (χ2v) is 5.51. The molecule has 0 aliphatic carbocycles. The van der Waals surface area contributed by atoms with Crippen LogP contribution in [0, 0.1) is 6.92 Å². The van der Waals surface area contributed by atoms with Crippen LogP contribution < -0.4 is 0 Å². The third kappa shape index (κ3) is 3.56. The van der Waals surface area contributed by atoms with Crippen LogP contribution in [-0.4, -0.2) is 8.42 Å². The summed E-state index contributed by atoms with van der Waals surface area (Å²) < 4.78 is 21.2. The molecule has 0 N–H and O–H groups in total. The molecule has 1 aromatic heterocycles. The first-order valence-electron chi connectivity index (χ1n) is 3.50. The lowest BCUT2D eigenvalue weighted by Gasteiger charge is -1.84. The first kappa shape index (κ1) is 11.9. The SMILES string of the molecule is CC.Cc1cc(S(=O)(=O)Cl)cs1. The Bertz CT molecular complexity index is 327. The fraction of sp³-hybridized carbons (Fsp3) is 0.429. The molecule has 0 aliphatic rings. The van der Waals surface area contributed by atoms with Crippen LogP contribution in [0.15, 0.2) is 16.3 Å². The van der Waals surface area contributed by atoms with Crippen LogP contribution in [-0.2, 0) is 9.05 Å². The van der Waals surface area contributed by atoms with Crippen LogP contribution in [0.3, 0.4) is 0 Å². The van der Waals surface area contributed by atoms with Gasteiger partial charge in [-0.3, -0.25) is 0 Å². The summed E-state index contributed by atoms with van der Waals surface area (Å²) in [7, 11) is 1.55. The van der Waals surface area contributed by atoms with Gasteiger partial charge in [0.25, 0.3) is 9.05 Å². The van der Waals surface area contributed by atoms with Gasteiger partial charge < -0.3 is 0 Å². The molecule has 0 atom stereocenters. The summed E-state index contributed by atoms with van der Waals surface area (Å²) in [6, 6.07) is 1.55. The van der Waals surface area contributed by atoms with Gasteiger partial charge in [0.05, 0.1) is 4.90 Å². The van der Waals surface area contributed by atoms with Gasteiger partial charge in [0, 0.05) is 20.9 Å². The minimum absolute atomic E-state index is 0.191. The molecule has 0 unspecified atom stereocenters. The van der Waals surface area contributed by atoms with Crippen LogP contribution >= 0.6 is 22.0 Å². The van der Waals surface area contributed by atoms with E-state index < -0.39 is 9.05 Å². The van der Waals surface area contributed by atoms with E-state index in [9.17, 15) is 8.42 Å². The standard InChI is InChI=1S/C5H5ClO2S2.C2H6/c1-4-2-5(3-9-4)10(6,7)8;1-2/h2-3H,1H3;1-2H3. The molecule has 0 saturated heterocycles. The van der Waals surface area contributed by atoms with Crippen LogP contribution in [0.2, 0.25) is 0 Å². The fourth-order valence-electron chi connectivity index (χ4n) is 0.547. The lowest BCUT2D eigenvalue weighted by atomic mass is 10.5. The van der Waals surface area contributed by atoms with E-state index in [1.165, 1.54) is 16.7 Å². The molecule has 0 bridgehead atoms. The molecule has 1 heterocycles. The Labute approximate surface area is 81.6 Å². The van der Waals surface area contributed by atoms with Crippen molar-refractivity contribution < 1.29 is 8.42 Å². The van der Waals surface area contributed by atoms with Crippen molar-refractivity contribution in [3.63, 3.8) is 0 Å². The summed E-state index contributed by atoms with van der Waals surface area (Å²) in [6.07, 6.45) is 0. The Morgan fingerprint density at radius 2 is 1.92 bits per heavy atom. The third-order valence-electron chi connectivity index (χ3n) is 0.988. The van der Waals surface area contributed by atoms with Crippen LogP contribution in [0.5, 0.6) is 0 Å². The summed E-state index contributed by atoms with van der Waals surface area (Å²) in [5.41, 5.74) is 0. The van der Waals surface area contributed by atoms with Crippen molar-refractivity contribution in [2.75, 3.05) is 0 Å². The van der Waals surface area contributed by atoms with E-state index in [2.05, 4.69) is 0 Å². The van der Waals surface area contributed by atoms with Crippen molar-refractivity contribution in [2.45, 2.75) is 25.7 Å². The van der Waals surface area contributed by atoms with Gasteiger partial charge in [-0.2, -0.15) is 0 Å². The van der Waals surface area contributed by atoms with E-state index in [-0.39, 0.29) is 4.90 Å². The summed E-state index contributed by atoms with van der Waals surface area (Å²) in [5, 5.41) is 1.53. The summed E-state index contributed by atoms with van der Waals surface area (Å²) in [6.45, 7) is 5.83. The Morgan fingerprint density at radius 1 is 1.42 bits per heavy atom. The highest BCUT2D eigenvalue weighted by Crippen LogP contribution is 2.21.